The molecule has 230 valence electrons. The molecule has 0 fully saturated rings. The largest absolute Gasteiger partial charge is 0.309 e. The standard InChI is InChI=1S/C46H30N2S/c1-3-14-31(15-4-1)33-17-11-20-35(30-33)48(43-27-12-23-37-38-29-28-32-16-7-8-21-36(32)45(38)49-46(37)43)42-26-13-25-41-44(42)39-22-9-10-24-40(39)47(41)34-18-5-2-6-19-34/h1-30H. The van der Waals surface area contributed by atoms with Crippen LogP contribution in [0.3, 0.4) is 0 Å². The van der Waals surface area contributed by atoms with Crippen LogP contribution < -0.4 is 4.90 Å². The van der Waals surface area contributed by atoms with E-state index < -0.39 is 0 Å². The van der Waals surface area contributed by atoms with Gasteiger partial charge in [0.05, 0.1) is 27.1 Å². The molecule has 0 bridgehead atoms. The van der Waals surface area contributed by atoms with Crippen molar-refractivity contribution in [2.24, 2.45) is 0 Å². The van der Waals surface area contributed by atoms with Gasteiger partial charge >= 0.3 is 0 Å². The van der Waals surface area contributed by atoms with Crippen molar-refractivity contribution >= 4 is 81.1 Å². The van der Waals surface area contributed by atoms with Gasteiger partial charge in [0.2, 0.25) is 0 Å². The zero-order valence-corrected chi connectivity index (χ0v) is 27.4. The molecule has 0 atom stereocenters. The smallest absolute Gasteiger partial charge is 0.0640 e. The van der Waals surface area contributed by atoms with E-state index in [0.717, 1.165) is 17.1 Å². The first-order valence-electron chi connectivity index (χ1n) is 16.7. The molecular formula is C46H30N2S. The van der Waals surface area contributed by atoms with E-state index in [4.69, 9.17) is 0 Å². The van der Waals surface area contributed by atoms with Crippen LogP contribution in [0.1, 0.15) is 0 Å². The second-order valence-corrected chi connectivity index (χ2v) is 13.6. The van der Waals surface area contributed by atoms with Gasteiger partial charge in [0.15, 0.2) is 0 Å². The highest BCUT2D eigenvalue weighted by Crippen LogP contribution is 2.49. The molecular weight excluding hydrogens is 613 g/mol. The Morgan fingerprint density at radius 1 is 0.408 bits per heavy atom. The van der Waals surface area contributed by atoms with Crippen molar-refractivity contribution in [3.8, 4) is 16.8 Å². The molecule has 2 aromatic heterocycles. The van der Waals surface area contributed by atoms with Gasteiger partial charge in [-0.05, 0) is 70.4 Å². The van der Waals surface area contributed by atoms with E-state index in [2.05, 4.69) is 191 Å². The van der Waals surface area contributed by atoms with E-state index in [1.165, 1.54) is 69.6 Å². The van der Waals surface area contributed by atoms with E-state index in [1.54, 1.807) is 0 Å². The summed E-state index contributed by atoms with van der Waals surface area (Å²) in [5, 5.41) is 7.63. The third-order valence-electron chi connectivity index (χ3n) is 9.75. The van der Waals surface area contributed by atoms with Crippen molar-refractivity contribution in [1.29, 1.82) is 0 Å². The average Bonchev–Trinajstić information content (AvgIpc) is 3.73. The summed E-state index contributed by atoms with van der Waals surface area (Å²) in [6.07, 6.45) is 0. The molecule has 2 nitrogen and oxygen atoms in total. The summed E-state index contributed by atoms with van der Waals surface area (Å²) in [5.41, 5.74) is 9.39. The van der Waals surface area contributed by atoms with Gasteiger partial charge in [-0.2, -0.15) is 0 Å². The van der Waals surface area contributed by atoms with Gasteiger partial charge in [0.1, 0.15) is 0 Å². The van der Waals surface area contributed by atoms with Gasteiger partial charge < -0.3 is 9.47 Å². The third-order valence-corrected chi connectivity index (χ3v) is 11.0. The summed E-state index contributed by atoms with van der Waals surface area (Å²) in [4.78, 5) is 2.50. The molecule has 0 aliphatic rings. The molecule has 2 heterocycles. The van der Waals surface area contributed by atoms with Crippen LogP contribution in [0.2, 0.25) is 0 Å². The van der Waals surface area contributed by atoms with Crippen LogP contribution in [0.25, 0.3) is 69.6 Å². The lowest BCUT2D eigenvalue weighted by Crippen LogP contribution is -2.10. The highest BCUT2D eigenvalue weighted by Gasteiger charge is 2.23. The molecule has 10 rings (SSSR count). The second kappa shape index (κ2) is 11.2. The first kappa shape index (κ1) is 27.9. The zero-order valence-electron chi connectivity index (χ0n) is 26.6. The Bertz CT molecular complexity index is 2830. The predicted octanol–water partition coefficient (Wildman–Crippen LogP) is 13.4. The number of benzene rings is 8. The average molecular weight is 643 g/mol. The highest BCUT2D eigenvalue weighted by molar-refractivity contribution is 7.27. The van der Waals surface area contributed by atoms with E-state index in [-0.39, 0.29) is 0 Å². The molecule has 0 saturated heterocycles. The molecule has 0 aliphatic carbocycles. The Morgan fingerprint density at radius 2 is 1.04 bits per heavy atom. The number of nitrogens with zero attached hydrogens (tertiary/aromatic N) is 2. The third kappa shape index (κ3) is 4.40. The minimum absolute atomic E-state index is 1.13. The summed E-state index contributed by atoms with van der Waals surface area (Å²) < 4.78 is 5.01. The summed E-state index contributed by atoms with van der Waals surface area (Å²) >= 11 is 1.90. The quantitative estimate of drug-likeness (QED) is 0.181. The van der Waals surface area contributed by atoms with Gasteiger partial charge in [-0.15, -0.1) is 11.3 Å². The topological polar surface area (TPSA) is 8.17 Å². The number of para-hydroxylation sites is 2. The lowest BCUT2D eigenvalue weighted by atomic mass is 10.0. The molecule has 0 unspecified atom stereocenters. The Labute approximate surface area is 288 Å². The number of aromatic nitrogens is 1. The summed E-state index contributed by atoms with van der Waals surface area (Å²) in [5.74, 6) is 0. The van der Waals surface area contributed by atoms with Crippen molar-refractivity contribution in [3.05, 3.63) is 182 Å². The number of rotatable bonds is 5. The van der Waals surface area contributed by atoms with Crippen LogP contribution in [0, 0.1) is 0 Å². The van der Waals surface area contributed by atoms with Gasteiger partial charge in [0, 0.05) is 37.6 Å². The minimum Gasteiger partial charge on any atom is -0.309 e. The zero-order chi connectivity index (χ0) is 32.3. The molecule has 49 heavy (non-hydrogen) atoms. The molecule has 0 spiro atoms. The number of hydrogen-bond donors (Lipinski definition) is 0. The van der Waals surface area contributed by atoms with E-state index >= 15 is 0 Å². The Morgan fingerprint density at radius 3 is 1.92 bits per heavy atom. The number of thiophene rings is 1. The van der Waals surface area contributed by atoms with Gasteiger partial charge in [-0.1, -0.05) is 133 Å². The Hall–Kier alpha value is -6.16. The Kier molecular flexibility index (Phi) is 6.39. The van der Waals surface area contributed by atoms with Crippen LogP contribution in [0.15, 0.2) is 182 Å². The molecule has 8 aromatic carbocycles. The van der Waals surface area contributed by atoms with Crippen molar-refractivity contribution in [2.75, 3.05) is 4.90 Å². The van der Waals surface area contributed by atoms with Crippen molar-refractivity contribution in [2.45, 2.75) is 0 Å². The number of anilines is 3. The van der Waals surface area contributed by atoms with Gasteiger partial charge in [0.25, 0.3) is 0 Å². The van der Waals surface area contributed by atoms with E-state index in [1.807, 2.05) is 11.3 Å². The fraction of sp³-hybridized carbons (Fsp3) is 0. The van der Waals surface area contributed by atoms with Crippen LogP contribution in [-0.4, -0.2) is 4.57 Å². The summed E-state index contributed by atoms with van der Waals surface area (Å²) in [6, 6.07) is 66.1. The maximum Gasteiger partial charge on any atom is 0.0640 e. The monoisotopic (exact) mass is 642 g/mol. The highest BCUT2D eigenvalue weighted by atomic mass is 32.1. The first-order chi connectivity index (χ1) is 24.3. The maximum atomic E-state index is 2.50. The molecule has 0 N–H and O–H groups in total. The molecule has 0 aliphatic heterocycles. The maximum absolute atomic E-state index is 2.50. The number of hydrogen-bond acceptors (Lipinski definition) is 2. The van der Waals surface area contributed by atoms with Crippen LogP contribution in [0.5, 0.6) is 0 Å². The lowest BCUT2D eigenvalue weighted by Gasteiger charge is -2.27. The molecule has 0 saturated carbocycles. The van der Waals surface area contributed by atoms with Crippen LogP contribution in [-0.2, 0) is 0 Å². The van der Waals surface area contributed by atoms with Crippen LogP contribution in [0.4, 0.5) is 17.1 Å². The van der Waals surface area contributed by atoms with E-state index in [9.17, 15) is 0 Å². The normalized spacial score (nSPS) is 11.7. The van der Waals surface area contributed by atoms with Crippen molar-refractivity contribution < 1.29 is 0 Å². The van der Waals surface area contributed by atoms with Gasteiger partial charge in [-0.3, -0.25) is 0 Å². The lowest BCUT2D eigenvalue weighted by molar-refractivity contribution is 1.18. The first-order valence-corrected chi connectivity index (χ1v) is 17.5. The van der Waals surface area contributed by atoms with Crippen molar-refractivity contribution in [3.63, 3.8) is 0 Å². The fourth-order valence-electron chi connectivity index (χ4n) is 7.59. The second-order valence-electron chi connectivity index (χ2n) is 12.5. The molecule has 0 radical (unpaired) electrons. The Balaban J connectivity index is 1.31. The minimum atomic E-state index is 1.13. The molecule has 10 aromatic rings. The van der Waals surface area contributed by atoms with Crippen LogP contribution >= 0.6 is 11.3 Å². The number of fused-ring (bicyclic) bond motifs is 8. The molecule has 0 amide bonds. The SMILES string of the molecule is c1ccc(-c2cccc(N(c3cccc4c3sc3c5ccccc5ccc43)c3cccc4c3c3ccccc3n4-c3ccccc3)c2)cc1. The predicted molar refractivity (Wildman–Crippen MR) is 211 cm³/mol. The fourth-order valence-corrected chi connectivity index (χ4v) is 8.93. The van der Waals surface area contributed by atoms with E-state index in [0.29, 0.717) is 0 Å². The van der Waals surface area contributed by atoms with Gasteiger partial charge in [-0.25, -0.2) is 0 Å². The molecule has 3 heteroatoms. The summed E-state index contributed by atoms with van der Waals surface area (Å²) in [6.45, 7) is 0. The summed E-state index contributed by atoms with van der Waals surface area (Å²) in [7, 11) is 0. The van der Waals surface area contributed by atoms with Crippen molar-refractivity contribution in [1.82, 2.24) is 4.57 Å².